The van der Waals surface area contributed by atoms with Crippen LogP contribution in [0, 0.1) is 0 Å². The molecule has 4 heteroatoms. The number of carbonyl (C=O) groups excluding carboxylic acids is 1. The van der Waals surface area contributed by atoms with E-state index in [0.29, 0.717) is 5.92 Å². The number of unbranched alkanes of at least 4 members (excludes halogenated alkanes) is 1. The van der Waals surface area contributed by atoms with Crippen molar-refractivity contribution < 1.29 is 18.7 Å². The normalized spacial score (nSPS) is 21.6. The number of esters is 1. The Labute approximate surface area is 150 Å². The number of hydrogen-bond acceptors (Lipinski definition) is 3. The molecule has 1 atom stereocenters. The van der Waals surface area contributed by atoms with Crippen molar-refractivity contribution in [2.24, 2.45) is 0 Å². The van der Waals surface area contributed by atoms with Gasteiger partial charge in [0.15, 0.2) is 6.17 Å². The third-order valence-electron chi connectivity index (χ3n) is 4.85. The third kappa shape index (κ3) is 6.33. The lowest BCUT2D eigenvalue weighted by Gasteiger charge is -2.29. The maximum absolute atomic E-state index is 13.7. The van der Waals surface area contributed by atoms with Gasteiger partial charge in [-0.1, -0.05) is 38.8 Å². The maximum atomic E-state index is 13.7. The van der Waals surface area contributed by atoms with E-state index in [2.05, 4.69) is 19.1 Å². The van der Waals surface area contributed by atoms with E-state index in [1.165, 1.54) is 5.56 Å². The Hall–Kier alpha value is -1.58. The molecule has 1 aromatic rings. The second-order valence-electron chi connectivity index (χ2n) is 6.94. The highest BCUT2D eigenvalue weighted by Crippen LogP contribution is 2.35. The number of hydrogen-bond donors (Lipinski definition) is 0. The van der Waals surface area contributed by atoms with Gasteiger partial charge in [0.25, 0.3) is 0 Å². The molecule has 140 valence electrons. The zero-order chi connectivity index (χ0) is 18.1. The average molecular weight is 350 g/mol. The van der Waals surface area contributed by atoms with Gasteiger partial charge in [0.05, 0.1) is 6.61 Å². The van der Waals surface area contributed by atoms with Crippen molar-refractivity contribution in [3.8, 4) is 5.75 Å². The van der Waals surface area contributed by atoms with Crippen molar-refractivity contribution in [2.75, 3.05) is 6.61 Å². The summed E-state index contributed by atoms with van der Waals surface area (Å²) < 4.78 is 24.7. The van der Waals surface area contributed by atoms with Gasteiger partial charge in [0.1, 0.15) is 11.9 Å². The van der Waals surface area contributed by atoms with Crippen molar-refractivity contribution in [2.45, 2.75) is 83.4 Å². The summed E-state index contributed by atoms with van der Waals surface area (Å²) in [5.41, 5.74) is 1.31. The topological polar surface area (TPSA) is 35.5 Å². The molecule has 25 heavy (non-hydrogen) atoms. The highest BCUT2D eigenvalue weighted by molar-refractivity contribution is 5.74. The summed E-state index contributed by atoms with van der Waals surface area (Å²) in [5.74, 6) is 0.722. The van der Waals surface area contributed by atoms with Crippen LogP contribution in [0.4, 0.5) is 4.39 Å². The first kappa shape index (κ1) is 19.7. The van der Waals surface area contributed by atoms with Crippen LogP contribution < -0.4 is 4.74 Å². The molecule has 0 unspecified atom stereocenters. The fourth-order valence-electron chi connectivity index (χ4n) is 3.31. The second-order valence-corrected chi connectivity index (χ2v) is 6.94. The van der Waals surface area contributed by atoms with Crippen LogP contribution in [-0.4, -0.2) is 24.9 Å². The summed E-state index contributed by atoms with van der Waals surface area (Å²) in [6.45, 7) is 4.82. The molecule has 1 aromatic carbocycles. The fourth-order valence-corrected chi connectivity index (χ4v) is 3.31. The Morgan fingerprint density at radius 1 is 1.12 bits per heavy atom. The van der Waals surface area contributed by atoms with E-state index in [0.717, 1.165) is 57.3 Å². The molecule has 0 heterocycles. The Balaban J connectivity index is 1.76. The van der Waals surface area contributed by atoms with Gasteiger partial charge in [0.2, 0.25) is 0 Å². The lowest BCUT2D eigenvalue weighted by Crippen LogP contribution is -2.28. The molecule has 2 rings (SSSR count). The predicted octanol–water partition coefficient (Wildman–Crippen LogP) is 5.57. The average Bonchev–Trinajstić information content (AvgIpc) is 2.65. The molecular formula is C21H31FO3. The van der Waals surface area contributed by atoms with Gasteiger partial charge in [-0.3, -0.25) is 0 Å². The zero-order valence-electron chi connectivity index (χ0n) is 15.5. The minimum atomic E-state index is -1.46. The second kappa shape index (κ2) is 10.4. The summed E-state index contributed by atoms with van der Waals surface area (Å²) in [4.78, 5) is 11.8. The van der Waals surface area contributed by atoms with E-state index in [1.807, 2.05) is 19.1 Å². The Kier molecular flexibility index (Phi) is 8.23. The minimum absolute atomic E-state index is 0.129. The molecular weight excluding hydrogens is 319 g/mol. The van der Waals surface area contributed by atoms with Gasteiger partial charge in [-0.25, -0.2) is 9.18 Å². The molecule has 1 saturated carbocycles. The largest absolute Gasteiger partial charge is 0.494 e. The Morgan fingerprint density at radius 3 is 2.40 bits per heavy atom. The van der Waals surface area contributed by atoms with Crippen molar-refractivity contribution in [3.63, 3.8) is 0 Å². The summed E-state index contributed by atoms with van der Waals surface area (Å²) in [6, 6.07) is 8.31. The zero-order valence-corrected chi connectivity index (χ0v) is 15.5. The number of benzene rings is 1. The van der Waals surface area contributed by atoms with Crippen LogP contribution in [0.25, 0.3) is 0 Å². The summed E-state index contributed by atoms with van der Waals surface area (Å²) in [7, 11) is 0. The molecule has 0 amide bonds. The van der Waals surface area contributed by atoms with Crippen LogP contribution in [0.1, 0.15) is 76.7 Å². The van der Waals surface area contributed by atoms with Crippen LogP contribution in [0.3, 0.4) is 0 Å². The van der Waals surface area contributed by atoms with Gasteiger partial charge in [-0.05, 0) is 62.1 Å². The summed E-state index contributed by atoms with van der Waals surface area (Å²) in [5, 5.41) is 0. The smallest absolute Gasteiger partial charge is 0.340 e. The molecule has 1 aliphatic carbocycles. The van der Waals surface area contributed by atoms with Gasteiger partial charge in [-0.15, -0.1) is 0 Å². The van der Waals surface area contributed by atoms with Crippen LogP contribution in [-0.2, 0) is 9.53 Å². The number of alkyl halides is 1. The number of rotatable bonds is 9. The van der Waals surface area contributed by atoms with E-state index in [1.54, 1.807) is 0 Å². The number of halogens is 1. The van der Waals surface area contributed by atoms with E-state index >= 15 is 0 Å². The van der Waals surface area contributed by atoms with E-state index < -0.39 is 12.1 Å². The fraction of sp³-hybridized carbons (Fsp3) is 0.667. The van der Waals surface area contributed by atoms with Gasteiger partial charge in [-0.2, -0.15) is 0 Å². The van der Waals surface area contributed by atoms with Crippen LogP contribution in [0.15, 0.2) is 24.3 Å². The van der Waals surface area contributed by atoms with E-state index in [9.17, 15) is 9.18 Å². The highest BCUT2D eigenvalue weighted by Gasteiger charge is 2.27. The standard InChI is InChI=1S/C21H31FO3/c1-3-5-6-20(22)21(23)25-19-13-9-17(10-14-19)16-7-11-18(12-8-16)24-15-4-2/h7-8,11-12,17,19-20H,3-6,9-10,13-15H2,1-2H3/t17-,19-,20-/m0/s1. The van der Waals surface area contributed by atoms with Gasteiger partial charge < -0.3 is 9.47 Å². The van der Waals surface area contributed by atoms with Crippen molar-refractivity contribution in [1.29, 1.82) is 0 Å². The molecule has 1 fully saturated rings. The lowest BCUT2D eigenvalue weighted by atomic mass is 9.83. The first-order valence-corrected chi connectivity index (χ1v) is 9.71. The Morgan fingerprint density at radius 2 is 1.80 bits per heavy atom. The summed E-state index contributed by atoms with van der Waals surface area (Å²) >= 11 is 0. The van der Waals surface area contributed by atoms with Crippen LogP contribution in [0.2, 0.25) is 0 Å². The summed E-state index contributed by atoms with van der Waals surface area (Å²) in [6.07, 6.45) is 4.86. The van der Waals surface area contributed by atoms with Gasteiger partial charge >= 0.3 is 5.97 Å². The molecule has 3 nitrogen and oxygen atoms in total. The number of carbonyl (C=O) groups is 1. The van der Waals surface area contributed by atoms with Crippen LogP contribution >= 0.6 is 0 Å². The lowest BCUT2D eigenvalue weighted by molar-refractivity contribution is -0.157. The molecule has 0 aliphatic heterocycles. The highest BCUT2D eigenvalue weighted by atomic mass is 19.1. The monoisotopic (exact) mass is 350 g/mol. The SMILES string of the molecule is CCCC[C@H](F)C(=O)O[C@H]1CC[C@H](c2ccc(OCCC)cc2)CC1. The van der Waals surface area contributed by atoms with E-state index in [-0.39, 0.29) is 12.5 Å². The van der Waals surface area contributed by atoms with Crippen molar-refractivity contribution in [3.05, 3.63) is 29.8 Å². The number of ether oxygens (including phenoxy) is 2. The molecule has 1 aliphatic rings. The van der Waals surface area contributed by atoms with Gasteiger partial charge in [0, 0.05) is 0 Å². The third-order valence-corrected chi connectivity index (χ3v) is 4.85. The maximum Gasteiger partial charge on any atom is 0.340 e. The quantitative estimate of drug-likeness (QED) is 0.546. The first-order chi connectivity index (χ1) is 12.1. The molecule has 0 N–H and O–H groups in total. The molecule has 0 spiro atoms. The van der Waals surface area contributed by atoms with Crippen molar-refractivity contribution in [1.82, 2.24) is 0 Å². The molecule has 0 radical (unpaired) electrons. The van der Waals surface area contributed by atoms with Crippen molar-refractivity contribution >= 4 is 5.97 Å². The van der Waals surface area contributed by atoms with Crippen LogP contribution in [0.5, 0.6) is 5.75 Å². The molecule has 0 saturated heterocycles. The Bertz CT molecular complexity index is 506. The van der Waals surface area contributed by atoms with E-state index in [4.69, 9.17) is 9.47 Å². The minimum Gasteiger partial charge on any atom is -0.494 e. The predicted molar refractivity (Wildman–Crippen MR) is 97.7 cm³/mol. The first-order valence-electron chi connectivity index (χ1n) is 9.71. The molecule has 0 aromatic heterocycles. The molecule has 0 bridgehead atoms.